The van der Waals surface area contributed by atoms with Gasteiger partial charge in [-0.3, -0.25) is 9.59 Å². The molecule has 1 aromatic carbocycles. The fourth-order valence-corrected chi connectivity index (χ4v) is 3.46. The third-order valence-corrected chi connectivity index (χ3v) is 5.02. The van der Waals surface area contributed by atoms with E-state index in [4.69, 9.17) is 10.5 Å². The van der Waals surface area contributed by atoms with E-state index in [-0.39, 0.29) is 17.6 Å². The molecule has 1 fully saturated rings. The Labute approximate surface area is 144 Å². The SMILES string of the molecule is CC1CCC1C(=O)c1ccc(OC(C)(C)CC(C)(C)C(N)=O)cc1. The van der Waals surface area contributed by atoms with Crippen molar-refractivity contribution in [2.24, 2.45) is 23.0 Å². The fraction of sp³-hybridized carbons (Fsp3) is 0.600. The molecule has 0 spiro atoms. The van der Waals surface area contributed by atoms with Crippen LogP contribution in [0.15, 0.2) is 24.3 Å². The van der Waals surface area contributed by atoms with Gasteiger partial charge in [-0.2, -0.15) is 0 Å². The standard InChI is InChI=1S/C20H29NO3/c1-13-6-11-16(13)17(22)14-7-9-15(10-8-14)24-20(4,5)12-19(2,3)18(21)23/h7-10,13,16H,6,11-12H2,1-5H3,(H2,21,23). The molecule has 0 saturated heterocycles. The maximum atomic E-state index is 12.4. The molecular formula is C20H29NO3. The van der Waals surface area contributed by atoms with Crippen LogP contribution in [0.4, 0.5) is 0 Å². The number of Topliss-reactive ketones (excluding diaryl/α,β-unsaturated/α-hetero) is 1. The van der Waals surface area contributed by atoms with E-state index >= 15 is 0 Å². The van der Waals surface area contributed by atoms with Crippen LogP contribution >= 0.6 is 0 Å². The van der Waals surface area contributed by atoms with Gasteiger partial charge in [0.2, 0.25) is 5.91 Å². The molecule has 0 heterocycles. The predicted octanol–water partition coefficient (Wildman–Crippen LogP) is 3.97. The van der Waals surface area contributed by atoms with Gasteiger partial charge in [-0.25, -0.2) is 0 Å². The van der Waals surface area contributed by atoms with Crippen LogP contribution < -0.4 is 10.5 Å². The van der Waals surface area contributed by atoms with Crippen LogP contribution in [0.1, 0.15) is 64.2 Å². The normalized spacial score (nSPS) is 21.0. The van der Waals surface area contributed by atoms with Crippen LogP contribution in [0.2, 0.25) is 0 Å². The highest BCUT2D eigenvalue weighted by Gasteiger charge is 2.35. The van der Waals surface area contributed by atoms with Crippen molar-refractivity contribution in [2.45, 2.75) is 59.5 Å². The number of ketones is 1. The molecule has 2 N–H and O–H groups in total. The van der Waals surface area contributed by atoms with Crippen LogP contribution in [0, 0.1) is 17.3 Å². The van der Waals surface area contributed by atoms with Gasteiger partial charge in [0.15, 0.2) is 5.78 Å². The minimum atomic E-state index is -0.639. The quantitative estimate of drug-likeness (QED) is 0.768. The lowest BCUT2D eigenvalue weighted by molar-refractivity contribution is -0.128. The largest absolute Gasteiger partial charge is 0.488 e. The molecular weight excluding hydrogens is 302 g/mol. The molecule has 2 unspecified atom stereocenters. The van der Waals surface area contributed by atoms with Crippen molar-refractivity contribution < 1.29 is 14.3 Å². The van der Waals surface area contributed by atoms with E-state index in [1.807, 2.05) is 52.0 Å². The zero-order valence-corrected chi connectivity index (χ0v) is 15.4. The number of ether oxygens (including phenoxy) is 1. The van der Waals surface area contributed by atoms with E-state index in [9.17, 15) is 9.59 Å². The van der Waals surface area contributed by atoms with E-state index in [1.165, 1.54) is 0 Å². The monoisotopic (exact) mass is 331 g/mol. The highest BCUT2D eigenvalue weighted by molar-refractivity contribution is 5.98. The summed E-state index contributed by atoms with van der Waals surface area (Å²) in [6, 6.07) is 7.32. The van der Waals surface area contributed by atoms with Gasteiger partial charge in [0.25, 0.3) is 0 Å². The Morgan fingerprint density at radius 1 is 1.12 bits per heavy atom. The Kier molecular flexibility index (Phi) is 5.07. The molecule has 2 atom stereocenters. The molecule has 0 aliphatic heterocycles. The van der Waals surface area contributed by atoms with Gasteiger partial charge >= 0.3 is 0 Å². The van der Waals surface area contributed by atoms with Gasteiger partial charge in [0.1, 0.15) is 11.4 Å². The average molecular weight is 331 g/mol. The molecule has 1 amide bonds. The summed E-state index contributed by atoms with van der Waals surface area (Å²) in [6.07, 6.45) is 2.64. The topological polar surface area (TPSA) is 69.4 Å². The first-order chi connectivity index (χ1) is 11.0. The number of carbonyl (C=O) groups excluding carboxylic acids is 2. The average Bonchev–Trinajstić information content (AvgIpc) is 2.44. The molecule has 1 aliphatic carbocycles. The van der Waals surface area contributed by atoms with Crippen molar-refractivity contribution in [3.05, 3.63) is 29.8 Å². The lowest BCUT2D eigenvalue weighted by Gasteiger charge is -2.34. The summed E-state index contributed by atoms with van der Waals surface area (Å²) in [6.45, 7) is 9.65. The fourth-order valence-electron chi connectivity index (χ4n) is 3.46. The summed E-state index contributed by atoms with van der Waals surface area (Å²) >= 11 is 0. The predicted molar refractivity (Wildman–Crippen MR) is 95.0 cm³/mol. The molecule has 1 aromatic rings. The van der Waals surface area contributed by atoms with E-state index in [2.05, 4.69) is 6.92 Å². The Morgan fingerprint density at radius 3 is 2.12 bits per heavy atom. The molecule has 4 nitrogen and oxygen atoms in total. The molecule has 132 valence electrons. The molecule has 0 radical (unpaired) electrons. The first-order valence-corrected chi connectivity index (χ1v) is 8.65. The second-order valence-electron chi connectivity index (χ2n) is 8.34. The number of benzene rings is 1. The smallest absolute Gasteiger partial charge is 0.223 e. The number of hydrogen-bond acceptors (Lipinski definition) is 3. The first-order valence-electron chi connectivity index (χ1n) is 8.65. The number of primary amides is 1. The maximum Gasteiger partial charge on any atom is 0.223 e. The van der Waals surface area contributed by atoms with Crippen molar-refractivity contribution in [1.29, 1.82) is 0 Å². The summed E-state index contributed by atoms with van der Waals surface area (Å²) in [4.78, 5) is 23.9. The zero-order chi connectivity index (χ0) is 18.1. The zero-order valence-electron chi connectivity index (χ0n) is 15.4. The van der Waals surface area contributed by atoms with Crippen LogP contribution in [0.5, 0.6) is 5.75 Å². The van der Waals surface area contributed by atoms with Crippen LogP contribution in [-0.4, -0.2) is 17.3 Å². The van der Waals surface area contributed by atoms with Crippen LogP contribution in [0.25, 0.3) is 0 Å². The Hall–Kier alpha value is -1.84. The van der Waals surface area contributed by atoms with Gasteiger partial charge in [-0.15, -0.1) is 0 Å². The number of nitrogens with two attached hydrogens (primary N) is 1. The van der Waals surface area contributed by atoms with E-state index in [1.54, 1.807) is 0 Å². The van der Waals surface area contributed by atoms with Gasteiger partial charge in [-0.1, -0.05) is 20.8 Å². The van der Waals surface area contributed by atoms with Crippen molar-refractivity contribution in [2.75, 3.05) is 0 Å². The summed E-state index contributed by atoms with van der Waals surface area (Å²) in [5.41, 5.74) is 5.02. The van der Waals surface area contributed by atoms with E-state index in [0.717, 1.165) is 18.4 Å². The maximum absolute atomic E-state index is 12.4. The van der Waals surface area contributed by atoms with Crippen molar-refractivity contribution in [3.63, 3.8) is 0 Å². The summed E-state index contributed by atoms with van der Waals surface area (Å²) in [5, 5.41) is 0. The Balaban J connectivity index is 2.03. The highest BCUT2D eigenvalue weighted by atomic mass is 16.5. The van der Waals surface area contributed by atoms with E-state index < -0.39 is 11.0 Å². The van der Waals surface area contributed by atoms with E-state index in [0.29, 0.717) is 18.1 Å². The molecule has 24 heavy (non-hydrogen) atoms. The first kappa shape index (κ1) is 18.5. The minimum absolute atomic E-state index is 0.171. The number of rotatable bonds is 7. The highest BCUT2D eigenvalue weighted by Crippen LogP contribution is 2.36. The third-order valence-electron chi connectivity index (χ3n) is 5.02. The number of amides is 1. The summed E-state index contributed by atoms with van der Waals surface area (Å²) in [5.74, 6) is 1.25. The number of hydrogen-bond donors (Lipinski definition) is 1. The molecule has 4 heteroatoms. The van der Waals surface area contributed by atoms with Crippen molar-refractivity contribution in [1.82, 2.24) is 0 Å². The minimum Gasteiger partial charge on any atom is -0.488 e. The van der Waals surface area contributed by atoms with Crippen LogP contribution in [-0.2, 0) is 4.79 Å². The lowest BCUT2D eigenvalue weighted by Crippen LogP contribution is -2.41. The van der Waals surface area contributed by atoms with Gasteiger partial charge in [0, 0.05) is 23.3 Å². The van der Waals surface area contributed by atoms with Gasteiger partial charge in [-0.05, 0) is 56.9 Å². The summed E-state index contributed by atoms with van der Waals surface area (Å²) < 4.78 is 6.03. The molecule has 1 saturated carbocycles. The lowest BCUT2D eigenvalue weighted by atomic mass is 9.71. The number of carbonyl (C=O) groups is 2. The summed E-state index contributed by atoms with van der Waals surface area (Å²) in [7, 11) is 0. The van der Waals surface area contributed by atoms with Crippen molar-refractivity contribution >= 4 is 11.7 Å². The molecule has 1 aliphatic rings. The molecule has 0 aromatic heterocycles. The van der Waals surface area contributed by atoms with Gasteiger partial charge in [0.05, 0.1) is 0 Å². The second kappa shape index (κ2) is 6.58. The Bertz CT molecular complexity index is 616. The Morgan fingerprint density at radius 2 is 1.71 bits per heavy atom. The van der Waals surface area contributed by atoms with Crippen molar-refractivity contribution in [3.8, 4) is 5.75 Å². The van der Waals surface area contributed by atoms with Gasteiger partial charge < -0.3 is 10.5 Å². The molecule has 2 rings (SSSR count). The third kappa shape index (κ3) is 4.16. The van der Waals surface area contributed by atoms with Crippen LogP contribution in [0.3, 0.4) is 0 Å². The second-order valence-corrected chi connectivity index (χ2v) is 8.34. The molecule has 0 bridgehead atoms.